The fraction of sp³-hybridized carbons (Fsp3) is 0.711. The first-order valence-corrected chi connectivity index (χ1v) is 18.4. The van der Waals surface area contributed by atoms with E-state index in [4.69, 9.17) is 4.74 Å². The van der Waals surface area contributed by atoms with Crippen molar-refractivity contribution in [2.24, 2.45) is 29.1 Å². The fourth-order valence-electron chi connectivity index (χ4n) is 7.79. The van der Waals surface area contributed by atoms with Gasteiger partial charge in [0, 0.05) is 19.5 Å². The number of halogens is 2. The van der Waals surface area contributed by atoms with Gasteiger partial charge in [0.15, 0.2) is 0 Å². The number of amides is 5. The van der Waals surface area contributed by atoms with Gasteiger partial charge < -0.3 is 30.9 Å². The summed E-state index contributed by atoms with van der Waals surface area (Å²) in [7, 11) is 0. The predicted octanol–water partition coefficient (Wildman–Crippen LogP) is 4.58. The highest BCUT2D eigenvalue weighted by Crippen LogP contribution is 2.65. The second-order valence-corrected chi connectivity index (χ2v) is 16.4. The van der Waals surface area contributed by atoms with E-state index in [1.807, 2.05) is 44.2 Å². The summed E-state index contributed by atoms with van der Waals surface area (Å²) in [5, 5.41) is 10.8. The Morgan fingerprint density at radius 3 is 2.20 bits per heavy atom. The topological polar surface area (TPSA) is 146 Å². The van der Waals surface area contributed by atoms with Gasteiger partial charge in [-0.3, -0.25) is 14.4 Å². The number of urea groups is 1. The van der Waals surface area contributed by atoms with Gasteiger partial charge in [-0.1, -0.05) is 77.3 Å². The molecule has 284 valence electrons. The summed E-state index contributed by atoms with van der Waals surface area (Å²) in [6, 6.07) is 4.26. The summed E-state index contributed by atoms with van der Waals surface area (Å²) in [6.45, 7) is 13.3. The predicted molar refractivity (Wildman–Crippen MR) is 188 cm³/mol. The average Bonchev–Trinajstić information content (AvgIpc) is 3.36. The number of esters is 1. The third-order valence-corrected chi connectivity index (χ3v) is 10.7. The van der Waals surface area contributed by atoms with Crippen LogP contribution in [-0.2, 0) is 30.3 Å². The molecule has 1 aromatic rings. The Hall–Kier alpha value is -3.77. The van der Waals surface area contributed by atoms with Crippen LogP contribution in [0.5, 0.6) is 0 Å². The number of ether oxygens (including phenoxy) is 1. The van der Waals surface area contributed by atoms with Crippen molar-refractivity contribution in [3.8, 4) is 0 Å². The number of alkyl halides is 2. The molecule has 11 nitrogen and oxygen atoms in total. The highest BCUT2D eigenvalue weighted by Gasteiger charge is 2.69. The van der Waals surface area contributed by atoms with Gasteiger partial charge in [-0.15, -0.1) is 0 Å². The fourth-order valence-corrected chi connectivity index (χ4v) is 7.79. The standard InChI is InChI=1S/C38H57F2N5O6/c1-22(2)29(35(49)51-37(3,4)5)43-36(50)44-30(24-16-12-9-13-17-24)34(48)45-21-25-28(38(25,6)7)31(45)33(47)42-26(20-27(39)40)32(46)41-19-18-23-14-10-8-11-15-23/h8,10-11,14-15,22,24-31H,9,12-13,16-21H2,1-7H3,(H,41,46)(H,42,47)(H2,43,44,50)/t25-,26-,28-,29-,30-,31-/m0/s1. The Morgan fingerprint density at radius 1 is 0.961 bits per heavy atom. The minimum atomic E-state index is -2.85. The molecule has 13 heteroatoms. The van der Waals surface area contributed by atoms with Crippen LogP contribution in [0.15, 0.2) is 30.3 Å². The maximum Gasteiger partial charge on any atom is 0.329 e. The number of fused-ring (bicyclic) bond motifs is 1. The highest BCUT2D eigenvalue weighted by molar-refractivity contribution is 5.96. The third-order valence-electron chi connectivity index (χ3n) is 10.7. The van der Waals surface area contributed by atoms with Crippen molar-refractivity contribution < 1.29 is 37.5 Å². The quantitative estimate of drug-likeness (QED) is 0.207. The molecule has 0 spiro atoms. The van der Waals surface area contributed by atoms with Crippen molar-refractivity contribution in [1.29, 1.82) is 0 Å². The van der Waals surface area contributed by atoms with Gasteiger partial charge in [0.2, 0.25) is 24.1 Å². The van der Waals surface area contributed by atoms with Crippen LogP contribution in [0.3, 0.4) is 0 Å². The number of carbonyl (C=O) groups is 5. The lowest BCUT2D eigenvalue weighted by atomic mass is 9.83. The first-order chi connectivity index (χ1) is 23.9. The molecule has 4 rings (SSSR count). The van der Waals surface area contributed by atoms with E-state index in [2.05, 4.69) is 21.3 Å². The largest absolute Gasteiger partial charge is 0.458 e. The number of likely N-dealkylation sites (tertiary alicyclic amines) is 1. The summed E-state index contributed by atoms with van der Waals surface area (Å²) in [6.07, 6.45) is 0.908. The zero-order chi connectivity index (χ0) is 37.7. The maximum atomic E-state index is 14.5. The second-order valence-electron chi connectivity index (χ2n) is 16.4. The maximum absolute atomic E-state index is 14.5. The molecule has 0 aromatic heterocycles. The van der Waals surface area contributed by atoms with Gasteiger partial charge >= 0.3 is 12.0 Å². The van der Waals surface area contributed by atoms with E-state index in [1.54, 1.807) is 34.6 Å². The summed E-state index contributed by atoms with van der Waals surface area (Å²) in [4.78, 5) is 69.6. The molecule has 0 unspecified atom stereocenters. The van der Waals surface area contributed by atoms with Gasteiger partial charge in [-0.25, -0.2) is 18.4 Å². The summed E-state index contributed by atoms with van der Waals surface area (Å²) >= 11 is 0. The minimum absolute atomic E-state index is 0.0104. The van der Waals surface area contributed by atoms with Crippen LogP contribution in [0.1, 0.15) is 92.6 Å². The molecule has 0 bridgehead atoms. The SMILES string of the molecule is CC(C)[C@H](NC(=O)N[C@H](C(=O)N1C[C@H]2[C@@H]([C@H]1C(=O)N[C@@H](CC(F)F)C(=O)NCCc1ccccc1)C2(C)C)C1CCCCC1)C(=O)OC(C)(C)C. The Labute approximate surface area is 300 Å². The molecule has 3 fully saturated rings. The van der Waals surface area contributed by atoms with Crippen molar-refractivity contribution in [3.63, 3.8) is 0 Å². The molecule has 2 saturated carbocycles. The van der Waals surface area contributed by atoms with Crippen molar-refractivity contribution >= 4 is 29.7 Å². The van der Waals surface area contributed by atoms with Crippen molar-refractivity contribution in [2.45, 2.75) is 130 Å². The van der Waals surface area contributed by atoms with E-state index in [9.17, 15) is 32.8 Å². The Kier molecular flexibility index (Phi) is 13.1. The number of carbonyl (C=O) groups excluding carboxylic acids is 5. The smallest absolute Gasteiger partial charge is 0.329 e. The summed E-state index contributed by atoms with van der Waals surface area (Å²) in [5.74, 6) is -3.16. The highest BCUT2D eigenvalue weighted by atomic mass is 19.3. The van der Waals surface area contributed by atoms with Crippen molar-refractivity contribution in [1.82, 2.24) is 26.2 Å². The van der Waals surface area contributed by atoms with E-state index in [1.165, 1.54) is 4.90 Å². The van der Waals surface area contributed by atoms with Crippen LogP contribution in [0, 0.1) is 29.1 Å². The lowest BCUT2D eigenvalue weighted by Gasteiger charge is -2.37. The van der Waals surface area contributed by atoms with Crippen LogP contribution in [0.4, 0.5) is 13.6 Å². The second kappa shape index (κ2) is 16.7. The van der Waals surface area contributed by atoms with E-state index in [0.717, 1.165) is 24.8 Å². The number of nitrogens with zero attached hydrogens (tertiary/aromatic N) is 1. The number of piperidine rings is 1. The van der Waals surface area contributed by atoms with E-state index < -0.39 is 72.3 Å². The Bertz CT molecular complexity index is 1390. The number of benzene rings is 1. The van der Waals surface area contributed by atoms with E-state index in [0.29, 0.717) is 19.3 Å². The third kappa shape index (κ3) is 10.4. The average molecular weight is 718 g/mol. The molecular formula is C38H57F2N5O6. The number of nitrogens with one attached hydrogen (secondary N) is 4. The summed E-state index contributed by atoms with van der Waals surface area (Å²) in [5.41, 5.74) is -0.0772. The molecular weight excluding hydrogens is 660 g/mol. The molecule has 1 aliphatic heterocycles. The molecule has 51 heavy (non-hydrogen) atoms. The van der Waals surface area contributed by atoms with Crippen LogP contribution in [0.25, 0.3) is 0 Å². The molecule has 2 aliphatic carbocycles. The van der Waals surface area contributed by atoms with Gasteiger partial charge in [0.1, 0.15) is 29.8 Å². The Balaban J connectivity index is 1.51. The summed E-state index contributed by atoms with van der Waals surface area (Å²) < 4.78 is 32.9. The van der Waals surface area contributed by atoms with Gasteiger partial charge in [0.25, 0.3) is 0 Å². The van der Waals surface area contributed by atoms with Gasteiger partial charge in [-0.05, 0) is 74.7 Å². The first-order valence-electron chi connectivity index (χ1n) is 18.4. The minimum Gasteiger partial charge on any atom is -0.458 e. The normalized spacial score (nSPS) is 23.1. The van der Waals surface area contributed by atoms with Gasteiger partial charge in [0.05, 0.1) is 0 Å². The Morgan fingerprint density at radius 2 is 1.61 bits per heavy atom. The lowest BCUT2D eigenvalue weighted by Crippen LogP contribution is -2.61. The molecule has 5 amide bonds. The molecule has 3 aliphatic rings. The number of rotatable bonds is 14. The van der Waals surface area contributed by atoms with Crippen molar-refractivity contribution in [2.75, 3.05) is 13.1 Å². The zero-order valence-electron chi connectivity index (χ0n) is 31.1. The van der Waals surface area contributed by atoms with Crippen LogP contribution in [0.2, 0.25) is 0 Å². The molecule has 1 heterocycles. The van der Waals surface area contributed by atoms with E-state index >= 15 is 0 Å². The van der Waals surface area contributed by atoms with Gasteiger partial charge in [-0.2, -0.15) is 0 Å². The van der Waals surface area contributed by atoms with Crippen LogP contribution < -0.4 is 21.3 Å². The molecule has 6 atom stereocenters. The molecule has 0 radical (unpaired) electrons. The monoisotopic (exact) mass is 717 g/mol. The number of hydrogen-bond acceptors (Lipinski definition) is 6. The van der Waals surface area contributed by atoms with Crippen LogP contribution in [-0.4, -0.2) is 83.9 Å². The zero-order valence-corrected chi connectivity index (χ0v) is 31.1. The lowest BCUT2D eigenvalue weighted by molar-refractivity contribution is -0.158. The van der Waals surface area contributed by atoms with E-state index in [-0.39, 0.29) is 42.2 Å². The molecule has 4 N–H and O–H groups in total. The molecule has 1 aromatic carbocycles. The van der Waals surface area contributed by atoms with Crippen LogP contribution >= 0.6 is 0 Å². The molecule has 1 saturated heterocycles. The number of hydrogen-bond donors (Lipinski definition) is 4. The van der Waals surface area contributed by atoms with Crippen molar-refractivity contribution in [3.05, 3.63) is 35.9 Å². The first kappa shape index (κ1) is 40.0.